The summed E-state index contributed by atoms with van der Waals surface area (Å²) in [6.45, 7) is 5.89. The Bertz CT molecular complexity index is 1110. The van der Waals surface area contributed by atoms with E-state index in [1.165, 1.54) is 11.3 Å². The molecule has 0 radical (unpaired) electrons. The number of pyridine rings is 1. The second-order valence-corrected chi connectivity index (χ2v) is 9.68. The van der Waals surface area contributed by atoms with Crippen molar-refractivity contribution in [1.29, 1.82) is 0 Å². The van der Waals surface area contributed by atoms with Crippen LogP contribution in [-0.2, 0) is 11.3 Å². The van der Waals surface area contributed by atoms with Crippen LogP contribution in [0.1, 0.15) is 20.8 Å². The maximum absolute atomic E-state index is 13.4. The molecule has 5 nitrogen and oxygen atoms in total. The molecule has 29 heavy (non-hydrogen) atoms. The molecule has 1 aliphatic rings. The van der Waals surface area contributed by atoms with Crippen molar-refractivity contribution in [2.75, 3.05) is 5.75 Å². The predicted octanol–water partition coefficient (Wildman–Crippen LogP) is 5.66. The molecule has 150 valence electrons. The van der Waals surface area contributed by atoms with E-state index in [1.54, 1.807) is 43.2 Å². The number of rotatable bonds is 2. The number of fused-ring (bicyclic) bond motifs is 3. The third kappa shape index (κ3) is 4.11. The maximum Gasteiger partial charge on any atom is 0.514 e. The molecule has 3 aromatic rings. The summed E-state index contributed by atoms with van der Waals surface area (Å²) in [6.07, 6.45) is -0.784. The normalized spacial score (nSPS) is 13.2. The van der Waals surface area contributed by atoms with Crippen molar-refractivity contribution in [2.24, 2.45) is 0 Å². The lowest BCUT2D eigenvalue weighted by Crippen LogP contribution is -2.28. The number of ether oxygens (including phenoxy) is 2. The summed E-state index contributed by atoms with van der Waals surface area (Å²) in [5.74, 6) is 1.10. The summed E-state index contributed by atoms with van der Waals surface area (Å²) < 4.78 is 12.7. The Labute approximate surface area is 177 Å². The number of carbonyl (C=O) groups is 1. The van der Waals surface area contributed by atoms with Crippen LogP contribution in [0.25, 0.3) is 21.7 Å². The maximum atomic E-state index is 13.4. The lowest BCUT2D eigenvalue weighted by Gasteiger charge is -2.21. The minimum absolute atomic E-state index is 0.0930. The molecular weight excluding hydrogens is 406 g/mol. The lowest BCUT2D eigenvalue weighted by atomic mass is 10.1. The van der Waals surface area contributed by atoms with Crippen molar-refractivity contribution in [1.82, 2.24) is 4.57 Å². The SMILES string of the molecule is CC(C)(C)OC(=O)Oc1cc(-c2ccccc2)c(=O)n2c1-c1sccc1SCC2. The van der Waals surface area contributed by atoms with Crippen LogP contribution in [0.2, 0.25) is 0 Å². The van der Waals surface area contributed by atoms with Gasteiger partial charge in [-0.25, -0.2) is 4.79 Å². The van der Waals surface area contributed by atoms with Gasteiger partial charge in [0.25, 0.3) is 5.56 Å². The first-order chi connectivity index (χ1) is 13.8. The monoisotopic (exact) mass is 427 g/mol. The van der Waals surface area contributed by atoms with E-state index in [-0.39, 0.29) is 5.56 Å². The van der Waals surface area contributed by atoms with Gasteiger partial charge in [0.05, 0.1) is 10.4 Å². The van der Waals surface area contributed by atoms with Gasteiger partial charge >= 0.3 is 6.16 Å². The first-order valence-corrected chi connectivity index (χ1v) is 11.1. The van der Waals surface area contributed by atoms with Crippen molar-refractivity contribution in [2.45, 2.75) is 37.8 Å². The van der Waals surface area contributed by atoms with E-state index in [1.807, 2.05) is 41.8 Å². The highest BCUT2D eigenvalue weighted by molar-refractivity contribution is 7.99. The highest BCUT2D eigenvalue weighted by atomic mass is 32.2. The number of nitrogens with zero attached hydrogens (tertiary/aromatic N) is 1. The Morgan fingerprint density at radius 2 is 1.90 bits per heavy atom. The average Bonchev–Trinajstić information content (AvgIpc) is 3.03. The summed E-state index contributed by atoms with van der Waals surface area (Å²) >= 11 is 3.23. The first kappa shape index (κ1) is 19.8. The Morgan fingerprint density at radius 1 is 1.14 bits per heavy atom. The number of hydrogen-bond donors (Lipinski definition) is 0. The van der Waals surface area contributed by atoms with Gasteiger partial charge in [0.1, 0.15) is 11.3 Å². The largest absolute Gasteiger partial charge is 0.514 e. The third-order valence-corrected chi connectivity index (χ3v) is 6.43. The third-order valence-electron chi connectivity index (χ3n) is 4.34. The van der Waals surface area contributed by atoms with Crippen LogP contribution in [-0.4, -0.2) is 22.1 Å². The van der Waals surface area contributed by atoms with Crippen LogP contribution in [0.3, 0.4) is 0 Å². The Kier molecular flexibility index (Phi) is 5.27. The molecule has 0 atom stereocenters. The van der Waals surface area contributed by atoms with Gasteiger partial charge in [-0.2, -0.15) is 0 Å². The van der Waals surface area contributed by atoms with Crippen molar-refractivity contribution < 1.29 is 14.3 Å². The van der Waals surface area contributed by atoms with Gasteiger partial charge in [-0.3, -0.25) is 4.79 Å². The van der Waals surface area contributed by atoms with Gasteiger partial charge < -0.3 is 14.0 Å². The second-order valence-electron chi connectivity index (χ2n) is 7.62. The van der Waals surface area contributed by atoms with E-state index in [0.29, 0.717) is 23.6 Å². The number of benzene rings is 1. The van der Waals surface area contributed by atoms with Crippen LogP contribution < -0.4 is 10.3 Å². The minimum Gasteiger partial charge on any atom is -0.428 e. The molecule has 0 saturated heterocycles. The van der Waals surface area contributed by atoms with Gasteiger partial charge in [-0.1, -0.05) is 30.3 Å². The van der Waals surface area contributed by atoms with Crippen molar-refractivity contribution >= 4 is 29.3 Å². The molecule has 0 bridgehead atoms. The van der Waals surface area contributed by atoms with Crippen LogP contribution >= 0.6 is 23.1 Å². The fraction of sp³-hybridized carbons (Fsp3) is 0.273. The second kappa shape index (κ2) is 7.72. The molecule has 0 spiro atoms. The zero-order valence-corrected chi connectivity index (χ0v) is 18.1. The fourth-order valence-electron chi connectivity index (χ4n) is 3.18. The summed E-state index contributed by atoms with van der Waals surface area (Å²) in [5, 5.41) is 1.99. The van der Waals surface area contributed by atoms with Gasteiger partial charge in [0, 0.05) is 17.2 Å². The van der Waals surface area contributed by atoms with Crippen molar-refractivity contribution in [3.63, 3.8) is 0 Å². The molecule has 2 aromatic heterocycles. The number of carbonyl (C=O) groups excluding carboxylic acids is 1. The molecular formula is C22H21NO4S2. The molecule has 0 unspecified atom stereocenters. The average molecular weight is 428 g/mol. The standard InChI is InChI=1S/C22H21NO4S2/c1-22(2,3)27-21(25)26-16-13-15(14-7-5-4-6-8-14)20(24)23-10-12-28-17-9-11-29-19(17)18(16)23/h4-9,11,13H,10,12H2,1-3H3. The van der Waals surface area contributed by atoms with Crippen LogP contribution in [0, 0.1) is 0 Å². The molecule has 1 aromatic carbocycles. The highest BCUT2D eigenvalue weighted by Crippen LogP contribution is 2.43. The smallest absolute Gasteiger partial charge is 0.428 e. The van der Waals surface area contributed by atoms with Crippen LogP contribution in [0.15, 0.2) is 57.5 Å². The number of thioether (sulfide) groups is 1. The molecule has 7 heteroatoms. The Balaban J connectivity index is 1.91. The number of hydrogen-bond acceptors (Lipinski definition) is 6. The number of thiophene rings is 1. The Morgan fingerprint density at radius 3 is 2.62 bits per heavy atom. The van der Waals surface area contributed by atoms with E-state index in [0.717, 1.165) is 21.1 Å². The summed E-state index contributed by atoms with van der Waals surface area (Å²) in [7, 11) is 0. The highest BCUT2D eigenvalue weighted by Gasteiger charge is 2.27. The Hall–Kier alpha value is -2.51. The molecule has 3 heterocycles. The zero-order chi connectivity index (χ0) is 20.6. The quantitative estimate of drug-likeness (QED) is 0.494. The van der Waals surface area contributed by atoms with Gasteiger partial charge in [0.15, 0.2) is 5.75 Å². The number of aromatic nitrogens is 1. The van der Waals surface area contributed by atoms with Crippen LogP contribution in [0.5, 0.6) is 5.75 Å². The van der Waals surface area contributed by atoms with Crippen molar-refractivity contribution in [3.8, 4) is 27.4 Å². The summed E-state index contributed by atoms with van der Waals surface area (Å²) in [5.41, 5.74) is 1.15. The lowest BCUT2D eigenvalue weighted by molar-refractivity contribution is 0.0206. The zero-order valence-electron chi connectivity index (χ0n) is 16.4. The van der Waals surface area contributed by atoms with Crippen LogP contribution in [0.4, 0.5) is 4.79 Å². The predicted molar refractivity (Wildman–Crippen MR) is 117 cm³/mol. The van der Waals surface area contributed by atoms with E-state index in [4.69, 9.17) is 9.47 Å². The molecule has 0 aliphatic carbocycles. The molecule has 0 fully saturated rings. The molecule has 0 amide bonds. The van der Waals surface area contributed by atoms with Gasteiger partial charge in [-0.15, -0.1) is 23.1 Å². The molecule has 4 rings (SSSR count). The first-order valence-electron chi connectivity index (χ1n) is 9.28. The molecule has 0 saturated carbocycles. The molecule has 1 aliphatic heterocycles. The van der Waals surface area contributed by atoms with Crippen molar-refractivity contribution in [3.05, 3.63) is 58.2 Å². The summed E-state index contributed by atoms with van der Waals surface area (Å²) in [4.78, 5) is 27.8. The minimum atomic E-state index is -0.784. The van der Waals surface area contributed by atoms with E-state index in [9.17, 15) is 9.59 Å². The van der Waals surface area contributed by atoms with E-state index >= 15 is 0 Å². The topological polar surface area (TPSA) is 57.5 Å². The van der Waals surface area contributed by atoms with E-state index in [2.05, 4.69) is 0 Å². The van der Waals surface area contributed by atoms with Gasteiger partial charge in [-0.05, 0) is 43.8 Å². The molecule has 0 N–H and O–H groups in total. The fourth-order valence-corrected chi connectivity index (χ4v) is 5.32. The van der Waals surface area contributed by atoms with E-state index < -0.39 is 11.8 Å². The summed E-state index contributed by atoms with van der Waals surface area (Å²) in [6, 6.07) is 13.1. The van der Waals surface area contributed by atoms with Gasteiger partial charge in [0.2, 0.25) is 0 Å².